The quantitative estimate of drug-likeness (QED) is 0.495. The van der Waals surface area contributed by atoms with Crippen LogP contribution in [-0.4, -0.2) is 35.4 Å². The average molecular weight is 175 g/mol. The van der Waals surface area contributed by atoms with E-state index in [0.717, 1.165) is 26.1 Å². The lowest BCUT2D eigenvalue weighted by Crippen LogP contribution is -2.32. The highest BCUT2D eigenvalue weighted by atomic mass is 17.1. The van der Waals surface area contributed by atoms with E-state index >= 15 is 0 Å². The summed E-state index contributed by atoms with van der Waals surface area (Å²) in [4.78, 5) is 6.66. The van der Waals surface area contributed by atoms with Crippen molar-refractivity contribution in [2.24, 2.45) is 0 Å². The van der Waals surface area contributed by atoms with Gasteiger partial charge < -0.3 is 4.90 Å². The normalized spacial score (nSPS) is 12.5. The van der Waals surface area contributed by atoms with Gasteiger partial charge in [0, 0.05) is 6.54 Å². The topological polar surface area (TPSA) is 32.7 Å². The molecule has 0 saturated carbocycles. The van der Waals surface area contributed by atoms with Crippen LogP contribution in [0.3, 0.4) is 0 Å². The van der Waals surface area contributed by atoms with Crippen LogP contribution in [-0.2, 0) is 4.89 Å². The predicted molar refractivity (Wildman–Crippen MR) is 50.2 cm³/mol. The van der Waals surface area contributed by atoms with E-state index in [-0.39, 0.29) is 0 Å². The van der Waals surface area contributed by atoms with Gasteiger partial charge in [-0.15, -0.1) is 0 Å². The van der Waals surface area contributed by atoms with Crippen LogP contribution in [0.2, 0.25) is 0 Å². The number of hydrogen-bond donors (Lipinski definition) is 1. The number of rotatable bonds is 6. The number of hydrogen-bond acceptors (Lipinski definition) is 3. The van der Waals surface area contributed by atoms with Crippen molar-refractivity contribution < 1.29 is 10.1 Å². The highest BCUT2D eigenvalue weighted by Gasteiger charge is 2.18. The zero-order valence-corrected chi connectivity index (χ0v) is 8.63. The molecule has 3 heteroatoms. The zero-order valence-electron chi connectivity index (χ0n) is 8.63. The molecule has 0 radical (unpaired) electrons. The van der Waals surface area contributed by atoms with Crippen molar-refractivity contribution in [1.29, 1.82) is 0 Å². The SMILES string of the molecule is CCN(CC)CCC(C)(C)OO. The lowest BCUT2D eigenvalue weighted by molar-refractivity contribution is -0.314. The van der Waals surface area contributed by atoms with Crippen LogP contribution in [0.4, 0.5) is 0 Å². The van der Waals surface area contributed by atoms with Gasteiger partial charge in [-0.1, -0.05) is 13.8 Å². The molecular weight excluding hydrogens is 154 g/mol. The molecule has 0 spiro atoms. The molecule has 0 aliphatic carbocycles. The maximum Gasteiger partial charge on any atom is 0.0989 e. The van der Waals surface area contributed by atoms with E-state index in [1.54, 1.807) is 0 Å². The van der Waals surface area contributed by atoms with E-state index in [1.165, 1.54) is 0 Å². The fraction of sp³-hybridized carbons (Fsp3) is 1.00. The summed E-state index contributed by atoms with van der Waals surface area (Å²) in [6, 6.07) is 0. The molecule has 0 fully saturated rings. The monoisotopic (exact) mass is 175 g/mol. The third-order valence-corrected chi connectivity index (χ3v) is 2.17. The van der Waals surface area contributed by atoms with E-state index < -0.39 is 5.60 Å². The van der Waals surface area contributed by atoms with Crippen LogP contribution in [0.25, 0.3) is 0 Å². The molecule has 74 valence electrons. The molecule has 0 aromatic carbocycles. The molecule has 0 aromatic rings. The Balaban J connectivity index is 3.65. The predicted octanol–water partition coefficient (Wildman–Crippen LogP) is 1.99. The molecule has 0 saturated heterocycles. The third kappa shape index (κ3) is 4.70. The molecule has 0 aromatic heterocycles. The summed E-state index contributed by atoms with van der Waals surface area (Å²) in [6.07, 6.45) is 0.852. The minimum atomic E-state index is -0.414. The van der Waals surface area contributed by atoms with Crippen LogP contribution < -0.4 is 0 Å². The number of nitrogens with zero attached hydrogens (tertiary/aromatic N) is 1. The largest absolute Gasteiger partial charge is 0.304 e. The molecule has 0 unspecified atom stereocenters. The summed E-state index contributed by atoms with van der Waals surface area (Å²) in [7, 11) is 0. The fourth-order valence-electron chi connectivity index (χ4n) is 1.01. The summed E-state index contributed by atoms with van der Waals surface area (Å²) in [6.45, 7) is 11.1. The van der Waals surface area contributed by atoms with Crippen molar-refractivity contribution in [2.75, 3.05) is 19.6 Å². The fourth-order valence-corrected chi connectivity index (χ4v) is 1.01. The molecule has 0 rings (SSSR count). The lowest BCUT2D eigenvalue weighted by atomic mass is 10.1. The van der Waals surface area contributed by atoms with Gasteiger partial charge in [-0.25, -0.2) is 4.89 Å². The Morgan fingerprint density at radius 3 is 2.08 bits per heavy atom. The van der Waals surface area contributed by atoms with Crippen molar-refractivity contribution in [2.45, 2.75) is 39.7 Å². The molecule has 0 heterocycles. The summed E-state index contributed by atoms with van der Waals surface area (Å²) in [5.74, 6) is 0. The van der Waals surface area contributed by atoms with Crippen molar-refractivity contribution >= 4 is 0 Å². The summed E-state index contributed by atoms with van der Waals surface area (Å²) >= 11 is 0. The van der Waals surface area contributed by atoms with Crippen molar-refractivity contribution in [3.63, 3.8) is 0 Å². The van der Waals surface area contributed by atoms with Crippen LogP contribution in [0.5, 0.6) is 0 Å². The minimum Gasteiger partial charge on any atom is -0.304 e. The molecule has 1 N–H and O–H groups in total. The molecule has 0 aliphatic rings. The first-order chi connectivity index (χ1) is 5.55. The Labute approximate surface area is 75.3 Å². The first kappa shape index (κ1) is 11.9. The van der Waals surface area contributed by atoms with E-state index in [1.807, 2.05) is 13.8 Å². The second-order valence-electron chi connectivity index (χ2n) is 3.63. The maximum absolute atomic E-state index is 8.53. The molecule has 3 nitrogen and oxygen atoms in total. The lowest BCUT2D eigenvalue weighted by Gasteiger charge is -2.25. The van der Waals surface area contributed by atoms with E-state index in [4.69, 9.17) is 5.26 Å². The third-order valence-electron chi connectivity index (χ3n) is 2.17. The standard InChI is InChI=1S/C9H21NO2/c1-5-10(6-2)8-7-9(3,4)12-11/h11H,5-8H2,1-4H3. The van der Waals surface area contributed by atoms with Crippen molar-refractivity contribution in [3.8, 4) is 0 Å². The zero-order chi connectivity index (χ0) is 9.61. The summed E-state index contributed by atoms with van der Waals surface area (Å²) in [5, 5.41) is 8.53. The van der Waals surface area contributed by atoms with Gasteiger partial charge in [0.2, 0.25) is 0 Å². The Bertz CT molecular complexity index is 111. The van der Waals surface area contributed by atoms with Gasteiger partial charge in [0.05, 0.1) is 5.60 Å². The van der Waals surface area contributed by atoms with Crippen LogP contribution in [0.15, 0.2) is 0 Å². The van der Waals surface area contributed by atoms with Gasteiger partial charge in [0.15, 0.2) is 0 Å². The first-order valence-electron chi connectivity index (χ1n) is 4.60. The minimum absolute atomic E-state index is 0.414. The van der Waals surface area contributed by atoms with Gasteiger partial charge in [-0.2, -0.15) is 0 Å². The van der Waals surface area contributed by atoms with Crippen LogP contribution in [0, 0.1) is 0 Å². The molecule has 0 atom stereocenters. The highest BCUT2D eigenvalue weighted by molar-refractivity contribution is 4.68. The van der Waals surface area contributed by atoms with E-state index in [0.29, 0.717) is 0 Å². The van der Waals surface area contributed by atoms with Gasteiger partial charge in [0.1, 0.15) is 0 Å². The second kappa shape index (κ2) is 5.51. The van der Waals surface area contributed by atoms with Gasteiger partial charge in [-0.05, 0) is 33.4 Å². The molecule has 0 bridgehead atoms. The van der Waals surface area contributed by atoms with Crippen LogP contribution >= 0.6 is 0 Å². The maximum atomic E-state index is 8.53. The van der Waals surface area contributed by atoms with Gasteiger partial charge in [-0.3, -0.25) is 5.26 Å². The van der Waals surface area contributed by atoms with E-state index in [9.17, 15) is 0 Å². The van der Waals surface area contributed by atoms with Crippen molar-refractivity contribution in [3.05, 3.63) is 0 Å². The highest BCUT2D eigenvalue weighted by Crippen LogP contribution is 2.12. The Hall–Kier alpha value is -0.120. The summed E-state index contributed by atoms with van der Waals surface area (Å²) in [5.41, 5.74) is -0.414. The first-order valence-corrected chi connectivity index (χ1v) is 4.60. The molecule has 0 amide bonds. The molecule has 0 aliphatic heterocycles. The van der Waals surface area contributed by atoms with Crippen molar-refractivity contribution in [1.82, 2.24) is 4.90 Å². The Morgan fingerprint density at radius 2 is 1.75 bits per heavy atom. The van der Waals surface area contributed by atoms with Crippen LogP contribution in [0.1, 0.15) is 34.1 Å². The van der Waals surface area contributed by atoms with E-state index in [2.05, 4.69) is 23.6 Å². The molecule has 12 heavy (non-hydrogen) atoms. The van der Waals surface area contributed by atoms with Gasteiger partial charge in [0.25, 0.3) is 0 Å². The smallest absolute Gasteiger partial charge is 0.0989 e. The Kier molecular flexibility index (Phi) is 5.46. The molecular formula is C9H21NO2. The van der Waals surface area contributed by atoms with Gasteiger partial charge >= 0.3 is 0 Å². The Morgan fingerprint density at radius 1 is 1.25 bits per heavy atom. The average Bonchev–Trinajstić information content (AvgIpc) is 2.06. The second-order valence-corrected chi connectivity index (χ2v) is 3.63. The summed E-state index contributed by atoms with van der Waals surface area (Å²) < 4.78 is 0.